The number of hydrogen-bond acceptors (Lipinski definition) is 2. The first-order valence-corrected chi connectivity index (χ1v) is 8.02. The molecule has 0 bridgehead atoms. The maximum atomic E-state index is 13.9. The molecule has 21 heavy (non-hydrogen) atoms. The zero-order valence-electron chi connectivity index (χ0n) is 10.9. The summed E-state index contributed by atoms with van der Waals surface area (Å²) in [4.78, 5) is 0.929. The molecule has 5 heteroatoms. The van der Waals surface area contributed by atoms with Crippen molar-refractivity contribution in [2.24, 2.45) is 5.73 Å². The van der Waals surface area contributed by atoms with Crippen molar-refractivity contribution in [3.63, 3.8) is 0 Å². The Balaban J connectivity index is 1.87. The molecule has 108 valence electrons. The van der Waals surface area contributed by atoms with Crippen LogP contribution in [0.4, 0.5) is 8.78 Å². The molecule has 0 saturated carbocycles. The minimum absolute atomic E-state index is 0.261. The molecule has 0 amide bonds. The zero-order chi connectivity index (χ0) is 15.0. The number of thiophene rings is 1. The van der Waals surface area contributed by atoms with Crippen LogP contribution in [0.1, 0.15) is 16.5 Å². The fourth-order valence-corrected chi connectivity index (χ4v) is 3.66. The molecular weight excluding hydrogens is 356 g/mol. The summed E-state index contributed by atoms with van der Waals surface area (Å²) in [7, 11) is 0. The van der Waals surface area contributed by atoms with Crippen LogP contribution in [0.3, 0.4) is 0 Å². The van der Waals surface area contributed by atoms with Gasteiger partial charge in [-0.2, -0.15) is 0 Å². The van der Waals surface area contributed by atoms with Gasteiger partial charge in [-0.25, -0.2) is 8.78 Å². The molecule has 1 atom stereocenters. The second kappa shape index (κ2) is 5.83. The molecule has 0 spiro atoms. The van der Waals surface area contributed by atoms with E-state index in [2.05, 4.69) is 15.9 Å². The van der Waals surface area contributed by atoms with Crippen LogP contribution in [-0.4, -0.2) is 0 Å². The lowest BCUT2D eigenvalue weighted by Gasteiger charge is -2.10. The molecule has 0 saturated heterocycles. The van der Waals surface area contributed by atoms with E-state index in [9.17, 15) is 8.78 Å². The molecule has 3 rings (SSSR count). The molecule has 0 aliphatic heterocycles. The van der Waals surface area contributed by atoms with Crippen LogP contribution in [0.25, 0.3) is 10.1 Å². The van der Waals surface area contributed by atoms with Crippen LogP contribution in [-0.2, 0) is 6.42 Å². The number of benzene rings is 2. The van der Waals surface area contributed by atoms with E-state index in [4.69, 9.17) is 5.73 Å². The van der Waals surface area contributed by atoms with Crippen LogP contribution in [0.5, 0.6) is 0 Å². The summed E-state index contributed by atoms with van der Waals surface area (Å²) in [5.74, 6) is -0.532. The van der Waals surface area contributed by atoms with Crippen LogP contribution in [0.15, 0.2) is 46.9 Å². The van der Waals surface area contributed by atoms with Gasteiger partial charge in [-0.1, -0.05) is 28.1 Å². The van der Waals surface area contributed by atoms with Crippen molar-refractivity contribution in [3.8, 4) is 0 Å². The molecule has 0 radical (unpaired) electrons. The lowest BCUT2D eigenvalue weighted by Crippen LogP contribution is -2.12. The van der Waals surface area contributed by atoms with Crippen LogP contribution in [0, 0.1) is 11.6 Å². The SMILES string of the molecule is NC(Cc1ccc(Br)cc1F)c1cc2ccc(F)cc2s1. The maximum absolute atomic E-state index is 13.9. The first-order valence-electron chi connectivity index (χ1n) is 6.41. The average molecular weight is 368 g/mol. The van der Waals surface area contributed by atoms with E-state index >= 15 is 0 Å². The number of fused-ring (bicyclic) bond motifs is 1. The predicted octanol–water partition coefficient (Wildman–Crippen LogP) is 5.18. The van der Waals surface area contributed by atoms with E-state index < -0.39 is 0 Å². The van der Waals surface area contributed by atoms with Crippen LogP contribution >= 0.6 is 27.3 Å². The van der Waals surface area contributed by atoms with Gasteiger partial charge in [0, 0.05) is 20.1 Å². The topological polar surface area (TPSA) is 26.0 Å². The summed E-state index contributed by atoms with van der Waals surface area (Å²) in [5, 5.41) is 0.961. The number of halogens is 3. The number of nitrogens with two attached hydrogens (primary N) is 1. The third kappa shape index (κ3) is 3.15. The van der Waals surface area contributed by atoms with Crippen molar-refractivity contribution >= 4 is 37.4 Å². The summed E-state index contributed by atoms with van der Waals surface area (Å²) < 4.78 is 28.6. The van der Waals surface area contributed by atoms with E-state index in [1.165, 1.54) is 29.5 Å². The molecular formula is C16H12BrF2NS. The minimum atomic E-state index is -0.305. The third-order valence-corrected chi connectivity index (χ3v) is 5.04. The highest BCUT2D eigenvalue weighted by molar-refractivity contribution is 9.10. The molecule has 1 nitrogen and oxygen atoms in total. The lowest BCUT2D eigenvalue weighted by molar-refractivity contribution is 0.594. The zero-order valence-corrected chi connectivity index (χ0v) is 13.3. The Kier molecular flexibility index (Phi) is 4.06. The average Bonchev–Trinajstić information content (AvgIpc) is 2.85. The van der Waals surface area contributed by atoms with Crippen molar-refractivity contribution in [2.75, 3.05) is 0 Å². The van der Waals surface area contributed by atoms with Crippen LogP contribution < -0.4 is 5.73 Å². The van der Waals surface area contributed by atoms with Gasteiger partial charge in [-0.15, -0.1) is 11.3 Å². The first-order chi connectivity index (χ1) is 10.0. The van der Waals surface area contributed by atoms with E-state index in [0.29, 0.717) is 16.5 Å². The number of rotatable bonds is 3. The largest absolute Gasteiger partial charge is 0.323 e. The van der Waals surface area contributed by atoms with E-state index in [0.717, 1.165) is 15.0 Å². The van der Waals surface area contributed by atoms with Crippen molar-refractivity contribution in [2.45, 2.75) is 12.5 Å². The highest BCUT2D eigenvalue weighted by atomic mass is 79.9. The van der Waals surface area contributed by atoms with Crippen molar-refractivity contribution in [1.29, 1.82) is 0 Å². The maximum Gasteiger partial charge on any atom is 0.127 e. The highest BCUT2D eigenvalue weighted by Crippen LogP contribution is 2.31. The standard InChI is InChI=1S/C16H12BrF2NS/c17-11-3-1-9(13(19)7-11)5-14(20)16-6-10-2-4-12(18)8-15(10)21-16/h1-4,6-8,14H,5,20H2. The first kappa shape index (κ1) is 14.6. The van der Waals surface area contributed by atoms with Gasteiger partial charge in [0.15, 0.2) is 0 Å². The van der Waals surface area contributed by atoms with Gasteiger partial charge < -0.3 is 5.73 Å². The van der Waals surface area contributed by atoms with Gasteiger partial charge in [-0.3, -0.25) is 0 Å². The predicted molar refractivity (Wildman–Crippen MR) is 86.5 cm³/mol. The Bertz CT molecular complexity index is 800. The molecule has 1 aromatic heterocycles. The Morgan fingerprint density at radius 1 is 1.10 bits per heavy atom. The fraction of sp³-hybridized carbons (Fsp3) is 0.125. The molecule has 0 aliphatic carbocycles. The van der Waals surface area contributed by atoms with Crippen molar-refractivity contribution < 1.29 is 8.78 Å². The summed E-state index contributed by atoms with van der Waals surface area (Å²) in [6.45, 7) is 0. The summed E-state index contributed by atoms with van der Waals surface area (Å²) in [6.07, 6.45) is 0.411. The normalized spacial score (nSPS) is 12.8. The van der Waals surface area contributed by atoms with Crippen molar-refractivity contribution in [1.82, 2.24) is 0 Å². The Morgan fingerprint density at radius 2 is 1.90 bits per heavy atom. The summed E-state index contributed by atoms with van der Waals surface area (Å²) >= 11 is 4.68. The van der Waals surface area contributed by atoms with Gasteiger partial charge >= 0.3 is 0 Å². The van der Waals surface area contributed by atoms with Gasteiger partial charge in [0.05, 0.1) is 0 Å². The van der Waals surface area contributed by atoms with Gasteiger partial charge in [0.2, 0.25) is 0 Å². The Labute approximate surface area is 133 Å². The second-order valence-corrected chi connectivity index (χ2v) is 6.91. The van der Waals surface area contributed by atoms with E-state index in [1.54, 1.807) is 18.2 Å². The van der Waals surface area contributed by atoms with Crippen molar-refractivity contribution in [3.05, 3.63) is 69.0 Å². The second-order valence-electron chi connectivity index (χ2n) is 4.88. The lowest BCUT2D eigenvalue weighted by atomic mass is 10.0. The molecule has 0 aliphatic rings. The molecule has 1 heterocycles. The summed E-state index contributed by atoms with van der Waals surface area (Å²) in [5.41, 5.74) is 6.75. The quantitative estimate of drug-likeness (QED) is 0.677. The smallest absolute Gasteiger partial charge is 0.127 e. The molecule has 1 unspecified atom stereocenters. The molecule has 2 N–H and O–H groups in total. The van der Waals surface area contributed by atoms with E-state index in [-0.39, 0.29) is 17.7 Å². The fourth-order valence-electron chi connectivity index (χ4n) is 2.23. The molecule has 0 fully saturated rings. The Hall–Kier alpha value is -1.30. The third-order valence-electron chi connectivity index (χ3n) is 3.32. The molecule has 3 aromatic rings. The number of hydrogen-bond donors (Lipinski definition) is 1. The minimum Gasteiger partial charge on any atom is -0.323 e. The van der Waals surface area contributed by atoms with E-state index in [1.807, 2.05) is 6.07 Å². The monoisotopic (exact) mass is 367 g/mol. The highest BCUT2D eigenvalue weighted by Gasteiger charge is 2.14. The van der Waals surface area contributed by atoms with Gasteiger partial charge in [-0.05, 0) is 47.7 Å². The summed E-state index contributed by atoms with van der Waals surface area (Å²) in [6, 6.07) is 11.3. The Morgan fingerprint density at radius 3 is 2.67 bits per heavy atom. The van der Waals surface area contributed by atoms with Gasteiger partial charge in [0.1, 0.15) is 11.6 Å². The molecule has 2 aromatic carbocycles. The van der Waals surface area contributed by atoms with Gasteiger partial charge in [0.25, 0.3) is 0 Å². The van der Waals surface area contributed by atoms with Crippen LogP contribution in [0.2, 0.25) is 0 Å².